The van der Waals surface area contributed by atoms with E-state index in [9.17, 15) is 9.90 Å². The van der Waals surface area contributed by atoms with Gasteiger partial charge in [0.15, 0.2) is 0 Å². The molecule has 0 radical (unpaired) electrons. The van der Waals surface area contributed by atoms with E-state index in [-0.39, 0.29) is 18.6 Å². The van der Waals surface area contributed by atoms with Crippen LogP contribution in [0.3, 0.4) is 0 Å². The number of halogens is 1. The third-order valence-corrected chi connectivity index (χ3v) is 3.72. The second kappa shape index (κ2) is 6.54. The van der Waals surface area contributed by atoms with Crippen molar-refractivity contribution in [3.63, 3.8) is 0 Å². The molecule has 0 aliphatic carbocycles. The van der Waals surface area contributed by atoms with Crippen LogP contribution in [0.2, 0.25) is 5.02 Å². The van der Waals surface area contributed by atoms with E-state index < -0.39 is 5.60 Å². The highest BCUT2D eigenvalue weighted by Crippen LogP contribution is 2.24. The Kier molecular flexibility index (Phi) is 4.99. The number of ether oxygens (including phenoxy) is 1. The molecule has 1 heterocycles. The molecule has 2 unspecified atom stereocenters. The summed E-state index contributed by atoms with van der Waals surface area (Å²) in [6.07, 6.45) is 0.364. The van der Waals surface area contributed by atoms with E-state index in [1.165, 1.54) is 0 Å². The van der Waals surface area contributed by atoms with Gasteiger partial charge in [-0.1, -0.05) is 17.7 Å². The summed E-state index contributed by atoms with van der Waals surface area (Å²) < 4.78 is 5.33. The molecule has 0 spiro atoms. The summed E-state index contributed by atoms with van der Waals surface area (Å²) in [6, 6.07) is 6.96. The van der Waals surface area contributed by atoms with Gasteiger partial charge < -0.3 is 20.5 Å². The zero-order chi connectivity index (χ0) is 14.6. The molecule has 1 aliphatic heterocycles. The maximum atomic E-state index is 11.8. The predicted octanol–water partition coefficient (Wildman–Crippen LogP) is 1.41. The minimum absolute atomic E-state index is 0.127. The van der Waals surface area contributed by atoms with E-state index in [1.807, 2.05) is 6.92 Å². The molecule has 110 valence electrons. The fourth-order valence-corrected chi connectivity index (χ4v) is 2.36. The van der Waals surface area contributed by atoms with Crippen LogP contribution in [0.1, 0.15) is 13.3 Å². The number of rotatable bonds is 5. The van der Waals surface area contributed by atoms with Crippen LogP contribution in [0.15, 0.2) is 24.3 Å². The maximum Gasteiger partial charge on any atom is 0.238 e. The van der Waals surface area contributed by atoms with Crippen molar-refractivity contribution >= 4 is 23.2 Å². The monoisotopic (exact) mass is 298 g/mol. The SMILES string of the molecule is CC1OCCC1(O)CNCC(=O)Nc1cccc(Cl)c1. The summed E-state index contributed by atoms with van der Waals surface area (Å²) in [5.74, 6) is -0.178. The molecule has 5 nitrogen and oxygen atoms in total. The van der Waals surface area contributed by atoms with Crippen LogP contribution >= 0.6 is 11.6 Å². The fourth-order valence-electron chi connectivity index (χ4n) is 2.17. The molecular weight excluding hydrogens is 280 g/mol. The lowest BCUT2D eigenvalue weighted by atomic mass is 9.97. The Morgan fingerprint density at radius 2 is 2.40 bits per heavy atom. The first-order valence-electron chi connectivity index (χ1n) is 6.60. The van der Waals surface area contributed by atoms with Crippen LogP contribution in [-0.4, -0.2) is 42.4 Å². The largest absolute Gasteiger partial charge is 0.386 e. The molecular formula is C14H19ClN2O3. The van der Waals surface area contributed by atoms with Gasteiger partial charge in [-0.05, 0) is 25.1 Å². The Morgan fingerprint density at radius 1 is 1.60 bits per heavy atom. The standard InChI is InChI=1S/C14H19ClN2O3/c1-10-14(19,5-6-20-10)9-16-8-13(18)17-12-4-2-3-11(15)7-12/h2-4,7,10,16,19H,5-6,8-9H2,1H3,(H,17,18). The van der Waals surface area contributed by atoms with Crippen LogP contribution < -0.4 is 10.6 Å². The lowest BCUT2D eigenvalue weighted by Crippen LogP contribution is -2.47. The second-order valence-corrected chi connectivity index (χ2v) is 5.47. The number of hydrogen-bond donors (Lipinski definition) is 3. The van der Waals surface area contributed by atoms with Gasteiger partial charge in [0, 0.05) is 30.3 Å². The molecule has 1 aromatic carbocycles. The van der Waals surface area contributed by atoms with Gasteiger partial charge in [-0.15, -0.1) is 0 Å². The molecule has 0 bridgehead atoms. The van der Waals surface area contributed by atoms with Crippen LogP contribution in [0, 0.1) is 0 Å². The van der Waals surface area contributed by atoms with Crippen molar-refractivity contribution in [2.24, 2.45) is 0 Å². The van der Waals surface area contributed by atoms with Crippen molar-refractivity contribution in [3.05, 3.63) is 29.3 Å². The number of aliphatic hydroxyl groups is 1. The third-order valence-electron chi connectivity index (χ3n) is 3.48. The van der Waals surface area contributed by atoms with E-state index in [0.717, 1.165) is 0 Å². The molecule has 2 atom stereocenters. The number of carbonyl (C=O) groups excluding carboxylic acids is 1. The molecule has 20 heavy (non-hydrogen) atoms. The Bertz CT molecular complexity index is 483. The topological polar surface area (TPSA) is 70.6 Å². The smallest absolute Gasteiger partial charge is 0.238 e. The van der Waals surface area contributed by atoms with Gasteiger partial charge in [0.1, 0.15) is 5.60 Å². The van der Waals surface area contributed by atoms with Crippen molar-refractivity contribution in [3.8, 4) is 0 Å². The zero-order valence-electron chi connectivity index (χ0n) is 11.4. The third kappa shape index (κ3) is 3.93. The van der Waals surface area contributed by atoms with Crippen LogP contribution in [0.5, 0.6) is 0 Å². The Hall–Kier alpha value is -1.14. The van der Waals surface area contributed by atoms with Crippen LogP contribution in [0.4, 0.5) is 5.69 Å². The van der Waals surface area contributed by atoms with E-state index in [2.05, 4.69) is 10.6 Å². The maximum absolute atomic E-state index is 11.8. The first-order chi connectivity index (χ1) is 9.49. The minimum atomic E-state index is -0.893. The van der Waals surface area contributed by atoms with Crippen molar-refractivity contribution in [2.45, 2.75) is 25.0 Å². The normalized spacial score (nSPS) is 25.6. The molecule has 1 saturated heterocycles. The Balaban J connectivity index is 1.75. The molecule has 6 heteroatoms. The molecule has 3 N–H and O–H groups in total. The van der Waals surface area contributed by atoms with Crippen molar-refractivity contribution in [2.75, 3.05) is 25.0 Å². The summed E-state index contributed by atoms with van der Waals surface area (Å²) in [4.78, 5) is 11.8. The number of benzene rings is 1. The van der Waals surface area contributed by atoms with E-state index in [4.69, 9.17) is 16.3 Å². The predicted molar refractivity (Wildman–Crippen MR) is 77.9 cm³/mol. The summed E-state index contributed by atoms with van der Waals surface area (Å²) >= 11 is 5.84. The number of amides is 1. The molecule has 1 aromatic rings. The first kappa shape index (κ1) is 15.3. The fraction of sp³-hybridized carbons (Fsp3) is 0.500. The van der Waals surface area contributed by atoms with Crippen LogP contribution in [-0.2, 0) is 9.53 Å². The summed E-state index contributed by atoms with van der Waals surface area (Å²) in [5, 5.41) is 16.5. The van der Waals surface area contributed by atoms with Gasteiger partial charge >= 0.3 is 0 Å². The van der Waals surface area contributed by atoms with Gasteiger partial charge in [-0.25, -0.2) is 0 Å². The zero-order valence-corrected chi connectivity index (χ0v) is 12.1. The highest BCUT2D eigenvalue weighted by Gasteiger charge is 2.39. The van der Waals surface area contributed by atoms with E-state index >= 15 is 0 Å². The molecule has 1 amide bonds. The van der Waals surface area contributed by atoms with Gasteiger partial charge in [-0.3, -0.25) is 4.79 Å². The van der Waals surface area contributed by atoms with Crippen LogP contribution in [0.25, 0.3) is 0 Å². The minimum Gasteiger partial charge on any atom is -0.386 e. The number of anilines is 1. The van der Waals surface area contributed by atoms with Crippen molar-refractivity contribution in [1.82, 2.24) is 5.32 Å². The molecule has 2 rings (SSSR count). The highest BCUT2D eigenvalue weighted by molar-refractivity contribution is 6.30. The van der Waals surface area contributed by atoms with Crippen molar-refractivity contribution < 1.29 is 14.6 Å². The van der Waals surface area contributed by atoms with E-state index in [1.54, 1.807) is 24.3 Å². The van der Waals surface area contributed by atoms with Gasteiger partial charge in [0.25, 0.3) is 0 Å². The Labute approximate surface area is 123 Å². The number of carbonyl (C=O) groups is 1. The number of hydrogen-bond acceptors (Lipinski definition) is 4. The summed E-state index contributed by atoms with van der Waals surface area (Å²) in [7, 11) is 0. The number of nitrogens with one attached hydrogen (secondary N) is 2. The average Bonchev–Trinajstić information content (AvgIpc) is 2.69. The molecule has 1 aliphatic rings. The summed E-state index contributed by atoms with van der Waals surface area (Å²) in [6.45, 7) is 2.84. The van der Waals surface area contributed by atoms with Gasteiger partial charge in [-0.2, -0.15) is 0 Å². The lowest BCUT2D eigenvalue weighted by molar-refractivity contribution is -0.115. The van der Waals surface area contributed by atoms with Gasteiger partial charge in [0.2, 0.25) is 5.91 Å². The molecule has 0 saturated carbocycles. The molecule has 0 aromatic heterocycles. The van der Waals surface area contributed by atoms with E-state index in [0.29, 0.717) is 30.3 Å². The lowest BCUT2D eigenvalue weighted by Gasteiger charge is -2.26. The first-order valence-corrected chi connectivity index (χ1v) is 6.97. The Morgan fingerprint density at radius 3 is 3.05 bits per heavy atom. The quantitative estimate of drug-likeness (QED) is 0.769. The average molecular weight is 299 g/mol. The highest BCUT2D eigenvalue weighted by atomic mass is 35.5. The second-order valence-electron chi connectivity index (χ2n) is 5.03. The van der Waals surface area contributed by atoms with Crippen molar-refractivity contribution in [1.29, 1.82) is 0 Å². The summed E-state index contributed by atoms with van der Waals surface area (Å²) in [5.41, 5.74) is -0.239. The molecule has 1 fully saturated rings. The van der Waals surface area contributed by atoms with Gasteiger partial charge in [0.05, 0.1) is 12.6 Å².